The molecule has 0 heterocycles. The fraction of sp³-hybridized carbons (Fsp3) is 0.929. The fourth-order valence-corrected chi connectivity index (χ4v) is 2.86. The van der Waals surface area contributed by atoms with E-state index < -0.39 is 0 Å². The minimum absolute atomic E-state index is 0.387. The summed E-state index contributed by atoms with van der Waals surface area (Å²) in [4.78, 5) is 4.63. The summed E-state index contributed by atoms with van der Waals surface area (Å²) in [6.07, 6.45) is 6.76. The van der Waals surface area contributed by atoms with Crippen LogP contribution in [-0.2, 0) is 0 Å². The second-order valence-electron chi connectivity index (χ2n) is 6.20. The van der Waals surface area contributed by atoms with E-state index in [1.165, 1.54) is 32.1 Å². The Morgan fingerprint density at radius 3 is 2.19 bits per heavy atom. The largest absolute Gasteiger partial charge is 0.387 e. The van der Waals surface area contributed by atoms with Crippen molar-refractivity contribution in [2.75, 3.05) is 6.54 Å². The van der Waals surface area contributed by atoms with Crippen LogP contribution in [0.2, 0.25) is 0 Å². The fourth-order valence-electron chi connectivity index (χ4n) is 2.86. The van der Waals surface area contributed by atoms with Gasteiger partial charge in [0.1, 0.15) is 0 Å². The normalized spacial score (nSPS) is 21.0. The van der Waals surface area contributed by atoms with E-state index in [0.29, 0.717) is 11.3 Å². The second-order valence-corrected chi connectivity index (χ2v) is 6.20. The number of aliphatic imine (C=N–C) groups is 1. The molecule has 0 aliphatic heterocycles. The van der Waals surface area contributed by atoms with Crippen LogP contribution in [0.3, 0.4) is 0 Å². The van der Waals surface area contributed by atoms with Crippen LogP contribution in [0.25, 0.3) is 0 Å². The minimum Gasteiger partial charge on any atom is -0.387 e. The maximum Gasteiger partial charge on any atom is 0.0963 e. The van der Waals surface area contributed by atoms with Gasteiger partial charge in [0.25, 0.3) is 0 Å². The molecule has 0 saturated heterocycles. The predicted molar refractivity (Wildman–Crippen MR) is 71.7 cm³/mol. The van der Waals surface area contributed by atoms with Crippen molar-refractivity contribution < 1.29 is 0 Å². The predicted octanol–water partition coefficient (Wildman–Crippen LogP) is 3.61. The van der Waals surface area contributed by atoms with Crippen molar-refractivity contribution in [2.45, 2.75) is 59.8 Å². The highest BCUT2D eigenvalue weighted by molar-refractivity contribution is 5.82. The summed E-state index contributed by atoms with van der Waals surface area (Å²) in [5.74, 6) is 1.99. The zero-order valence-electron chi connectivity index (χ0n) is 11.4. The average Bonchev–Trinajstić information content (AvgIpc) is 2.62. The molecule has 0 atom stereocenters. The Labute approximate surface area is 101 Å². The molecule has 0 aromatic carbocycles. The van der Waals surface area contributed by atoms with Gasteiger partial charge in [-0.2, -0.15) is 0 Å². The van der Waals surface area contributed by atoms with E-state index in [9.17, 15) is 0 Å². The Balaban J connectivity index is 2.61. The van der Waals surface area contributed by atoms with Gasteiger partial charge in [0.05, 0.1) is 5.84 Å². The lowest BCUT2D eigenvalue weighted by atomic mass is 9.78. The van der Waals surface area contributed by atoms with Crippen molar-refractivity contribution in [1.29, 1.82) is 0 Å². The van der Waals surface area contributed by atoms with E-state index in [4.69, 9.17) is 5.73 Å². The molecule has 1 rings (SSSR count). The lowest BCUT2D eigenvalue weighted by Crippen LogP contribution is -2.26. The number of amidine groups is 1. The lowest BCUT2D eigenvalue weighted by molar-refractivity contribution is 0.245. The molecule has 2 N–H and O–H groups in total. The Morgan fingerprint density at radius 1 is 1.19 bits per heavy atom. The molecular weight excluding hydrogens is 196 g/mol. The zero-order chi connectivity index (χ0) is 12.2. The molecule has 94 valence electrons. The van der Waals surface area contributed by atoms with Gasteiger partial charge < -0.3 is 5.73 Å². The SMILES string of the molecule is CC(C)CC1(CN=C(N)C(C)C)CCCC1. The van der Waals surface area contributed by atoms with E-state index in [2.05, 4.69) is 32.7 Å². The van der Waals surface area contributed by atoms with Gasteiger partial charge >= 0.3 is 0 Å². The molecule has 0 amide bonds. The molecule has 2 nitrogen and oxygen atoms in total. The van der Waals surface area contributed by atoms with Crippen LogP contribution in [-0.4, -0.2) is 12.4 Å². The number of nitrogens with two attached hydrogens (primary N) is 1. The Kier molecular flexibility index (Phi) is 4.82. The molecule has 0 unspecified atom stereocenters. The topological polar surface area (TPSA) is 38.4 Å². The molecule has 0 spiro atoms. The number of nitrogens with zero attached hydrogens (tertiary/aromatic N) is 1. The van der Waals surface area contributed by atoms with Gasteiger partial charge in [0.2, 0.25) is 0 Å². The number of hydrogen-bond acceptors (Lipinski definition) is 1. The van der Waals surface area contributed by atoms with Gasteiger partial charge in [-0.1, -0.05) is 40.5 Å². The molecule has 0 aromatic heterocycles. The van der Waals surface area contributed by atoms with Crippen molar-refractivity contribution in [1.82, 2.24) is 0 Å². The van der Waals surface area contributed by atoms with Crippen LogP contribution < -0.4 is 5.73 Å². The molecular formula is C14H28N2. The number of rotatable bonds is 5. The number of hydrogen-bond donors (Lipinski definition) is 1. The van der Waals surface area contributed by atoms with Crippen LogP contribution in [0.5, 0.6) is 0 Å². The van der Waals surface area contributed by atoms with Crippen molar-refractivity contribution in [3.05, 3.63) is 0 Å². The van der Waals surface area contributed by atoms with Crippen molar-refractivity contribution in [2.24, 2.45) is 28.0 Å². The monoisotopic (exact) mass is 224 g/mol. The van der Waals surface area contributed by atoms with E-state index in [1.54, 1.807) is 0 Å². The van der Waals surface area contributed by atoms with Gasteiger partial charge in [-0.3, -0.25) is 4.99 Å². The van der Waals surface area contributed by atoms with E-state index in [0.717, 1.165) is 18.3 Å². The molecule has 1 aliphatic carbocycles. The van der Waals surface area contributed by atoms with Crippen LogP contribution >= 0.6 is 0 Å². The van der Waals surface area contributed by atoms with Gasteiger partial charge in [-0.15, -0.1) is 0 Å². The van der Waals surface area contributed by atoms with Gasteiger partial charge in [-0.25, -0.2) is 0 Å². The third-order valence-electron chi connectivity index (χ3n) is 3.69. The molecule has 1 aliphatic rings. The first-order valence-electron chi connectivity index (χ1n) is 6.75. The zero-order valence-corrected chi connectivity index (χ0v) is 11.4. The van der Waals surface area contributed by atoms with Crippen LogP contribution in [0.15, 0.2) is 4.99 Å². The smallest absolute Gasteiger partial charge is 0.0963 e. The Morgan fingerprint density at radius 2 is 1.75 bits per heavy atom. The molecule has 0 radical (unpaired) electrons. The molecule has 1 fully saturated rings. The summed E-state index contributed by atoms with van der Waals surface area (Å²) in [6, 6.07) is 0. The van der Waals surface area contributed by atoms with Gasteiger partial charge in [0.15, 0.2) is 0 Å². The van der Waals surface area contributed by atoms with E-state index >= 15 is 0 Å². The minimum atomic E-state index is 0.387. The summed E-state index contributed by atoms with van der Waals surface area (Å²) in [6.45, 7) is 9.81. The van der Waals surface area contributed by atoms with Crippen LogP contribution in [0.1, 0.15) is 59.8 Å². The van der Waals surface area contributed by atoms with Gasteiger partial charge in [-0.05, 0) is 30.6 Å². The standard InChI is InChI=1S/C14H28N2/c1-11(2)9-14(7-5-6-8-14)10-16-13(15)12(3)4/h11-12H,5-10H2,1-4H3,(H2,15,16). The first-order valence-corrected chi connectivity index (χ1v) is 6.75. The average molecular weight is 224 g/mol. The summed E-state index contributed by atoms with van der Waals surface area (Å²) in [5.41, 5.74) is 6.40. The Hall–Kier alpha value is -0.530. The van der Waals surface area contributed by atoms with E-state index in [-0.39, 0.29) is 0 Å². The summed E-state index contributed by atoms with van der Waals surface area (Å²) < 4.78 is 0. The quantitative estimate of drug-likeness (QED) is 0.562. The second kappa shape index (κ2) is 5.70. The third-order valence-corrected chi connectivity index (χ3v) is 3.69. The Bertz CT molecular complexity index is 235. The lowest BCUT2D eigenvalue weighted by Gasteiger charge is -2.29. The van der Waals surface area contributed by atoms with Gasteiger partial charge in [0, 0.05) is 12.5 Å². The molecule has 0 bridgehead atoms. The van der Waals surface area contributed by atoms with Crippen molar-refractivity contribution in [3.63, 3.8) is 0 Å². The summed E-state index contributed by atoms with van der Waals surface area (Å²) in [7, 11) is 0. The molecule has 16 heavy (non-hydrogen) atoms. The van der Waals surface area contributed by atoms with Crippen molar-refractivity contribution >= 4 is 5.84 Å². The van der Waals surface area contributed by atoms with E-state index in [1.807, 2.05) is 0 Å². The van der Waals surface area contributed by atoms with Crippen LogP contribution in [0.4, 0.5) is 0 Å². The third kappa shape index (κ3) is 3.80. The summed E-state index contributed by atoms with van der Waals surface area (Å²) in [5, 5.41) is 0. The molecule has 2 heteroatoms. The first-order chi connectivity index (χ1) is 7.45. The highest BCUT2D eigenvalue weighted by Crippen LogP contribution is 2.43. The maximum atomic E-state index is 5.93. The first kappa shape index (κ1) is 13.5. The van der Waals surface area contributed by atoms with Crippen LogP contribution in [0, 0.1) is 17.3 Å². The highest BCUT2D eigenvalue weighted by Gasteiger charge is 2.34. The summed E-state index contributed by atoms with van der Waals surface area (Å²) >= 11 is 0. The molecule has 0 aromatic rings. The molecule has 1 saturated carbocycles. The highest BCUT2D eigenvalue weighted by atomic mass is 14.9. The van der Waals surface area contributed by atoms with Crippen molar-refractivity contribution in [3.8, 4) is 0 Å². The maximum absolute atomic E-state index is 5.93.